The van der Waals surface area contributed by atoms with Crippen LogP contribution in [-0.4, -0.2) is 12.3 Å². The normalized spacial score (nSPS) is 10.3. The zero-order valence-corrected chi connectivity index (χ0v) is 8.61. The summed E-state index contributed by atoms with van der Waals surface area (Å²) in [4.78, 5) is 1.31. The Hall–Kier alpha value is -0.630. The minimum atomic E-state index is 0.498. The van der Waals surface area contributed by atoms with Gasteiger partial charge in [-0.1, -0.05) is 12.1 Å². The monoisotopic (exact) mass is 181 g/mol. The largest absolute Gasteiger partial charge is 0.382 e. The molecule has 0 fully saturated rings. The zero-order valence-electron chi connectivity index (χ0n) is 7.79. The number of hydrogen-bond donors (Lipinski definition) is 1. The fraction of sp³-hybridized carbons (Fsp3) is 0.400. The molecule has 0 saturated heterocycles. The standard InChI is InChI=1S/C10H15NS/c1-8(2)11-9-6-4-5-7-10(9)12-3/h4-8,11H,1-3H3. The molecule has 0 atom stereocenters. The maximum atomic E-state index is 3.40. The second-order valence-corrected chi connectivity index (χ2v) is 3.85. The highest BCUT2D eigenvalue weighted by Crippen LogP contribution is 2.24. The van der Waals surface area contributed by atoms with E-state index in [1.807, 2.05) is 0 Å². The number of para-hydroxylation sites is 1. The first-order valence-corrected chi connectivity index (χ1v) is 5.36. The molecule has 1 aromatic rings. The van der Waals surface area contributed by atoms with Crippen molar-refractivity contribution in [3.63, 3.8) is 0 Å². The Kier molecular flexibility index (Phi) is 3.48. The van der Waals surface area contributed by atoms with E-state index in [-0.39, 0.29) is 0 Å². The first-order valence-electron chi connectivity index (χ1n) is 4.13. The fourth-order valence-corrected chi connectivity index (χ4v) is 1.64. The van der Waals surface area contributed by atoms with Crippen molar-refractivity contribution in [1.82, 2.24) is 0 Å². The molecule has 0 radical (unpaired) electrons. The molecule has 1 N–H and O–H groups in total. The van der Waals surface area contributed by atoms with Crippen LogP contribution in [-0.2, 0) is 0 Å². The van der Waals surface area contributed by atoms with Crippen LogP contribution in [0, 0.1) is 0 Å². The van der Waals surface area contributed by atoms with Crippen LogP contribution < -0.4 is 5.32 Å². The summed E-state index contributed by atoms with van der Waals surface area (Å²) in [6.45, 7) is 4.30. The lowest BCUT2D eigenvalue weighted by molar-refractivity contribution is 0.894. The van der Waals surface area contributed by atoms with Gasteiger partial charge in [-0.15, -0.1) is 11.8 Å². The highest BCUT2D eigenvalue weighted by molar-refractivity contribution is 7.98. The number of hydrogen-bond acceptors (Lipinski definition) is 2. The lowest BCUT2D eigenvalue weighted by Gasteiger charge is -2.12. The Morgan fingerprint density at radius 1 is 1.25 bits per heavy atom. The Morgan fingerprint density at radius 2 is 1.92 bits per heavy atom. The molecule has 0 aliphatic carbocycles. The summed E-state index contributed by atoms with van der Waals surface area (Å²) in [7, 11) is 0. The van der Waals surface area contributed by atoms with Crippen molar-refractivity contribution < 1.29 is 0 Å². The summed E-state index contributed by atoms with van der Waals surface area (Å²) in [5.41, 5.74) is 1.24. The quantitative estimate of drug-likeness (QED) is 0.718. The summed E-state index contributed by atoms with van der Waals surface area (Å²) in [5.74, 6) is 0. The smallest absolute Gasteiger partial charge is 0.0480 e. The molecule has 0 bridgehead atoms. The van der Waals surface area contributed by atoms with Gasteiger partial charge in [0.05, 0.1) is 0 Å². The van der Waals surface area contributed by atoms with E-state index in [4.69, 9.17) is 0 Å². The van der Waals surface area contributed by atoms with Gasteiger partial charge in [-0.05, 0) is 32.2 Å². The Bertz CT molecular complexity index is 245. The van der Waals surface area contributed by atoms with Crippen LogP contribution in [0.3, 0.4) is 0 Å². The molecule has 0 aliphatic rings. The minimum Gasteiger partial charge on any atom is -0.382 e. The molecule has 0 saturated carbocycles. The van der Waals surface area contributed by atoms with E-state index in [1.165, 1.54) is 10.6 Å². The van der Waals surface area contributed by atoms with Crippen molar-refractivity contribution in [3.8, 4) is 0 Å². The maximum Gasteiger partial charge on any atom is 0.0480 e. The predicted molar refractivity (Wildman–Crippen MR) is 57.0 cm³/mol. The number of benzene rings is 1. The van der Waals surface area contributed by atoms with Gasteiger partial charge in [-0.25, -0.2) is 0 Å². The van der Waals surface area contributed by atoms with E-state index in [1.54, 1.807) is 11.8 Å². The van der Waals surface area contributed by atoms with Crippen LogP contribution in [0.2, 0.25) is 0 Å². The molecule has 0 amide bonds. The average molecular weight is 181 g/mol. The van der Waals surface area contributed by atoms with Gasteiger partial charge >= 0.3 is 0 Å². The van der Waals surface area contributed by atoms with Crippen LogP contribution >= 0.6 is 11.8 Å². The van der Waals surface area contributed by atoms with Gasteiger partial charge < -0.3 is 5.32 Å². The van der Waals surface area contributed by atoms with Crippen LogP contribution in [0.25, 0.3) is 0 Å². The second-order valence-electron chi connectivity index (χ2n) is 3.00. The lowest BCUT2D eigenvalue weighted by Crippen LogP contribution is -2.10. The van der Waals surface area contributed by atoms with Crippen LogP contribution in [0.1, 0.15) is 13.8 Å². The number of thioether (sulfide) groups is 1. The Labute approximate surface area is 78.6 Å². The van der Waals surface area contributed by atoms with Crippen molar-refractivity contribution >= 4 is 17.4 Å². The zero-order chi connectivity index (χ0) is 8.97. The van der Waals surface area contributed by atoms with E-state index in [9.17, 15) is 0 Å². The van der Waals surface area contributed by atoms with Crippen LogP contribution in [0.4, 0.5) is 5.69 Å². The molecule has 2 heteroatoms. The van der Waals surface area contributed by atoms with E-state index >= 15 is 0 Å². The summed E-state index contributed by atoms with van der Waals surface area (Å²) in [6, 6.07) is 8.88. The summed E-state index contributed by atoms with van der Waals surface area (Å²) >= 11 is 1.77. The van der Waals surface area contributed by atoms with Crippen LogP contribution in [0.15, 0.2) is 29.2 Å². The number of anilines is 1. The van der Waals surface area contributed by atoms with E-state index in [0.29, 0.717) is 6.04 Å². The van der Waals surface area contributed by atoms with Crippen LogP contribution in [0.5, 0.6) is 0 Å². The Morgan fingerprint density at radius 3 is 2.50 bits per heavy atom. The van der Waals surface area contributed by atoms with Crippen molar-refractivity contribution in [2.45, 2.75) is 24.8 Å². The summed E-state index contributed by atoms with van der Waals surface area (Å²) < 4.78 is 0. The first-order chi connectivity index (χ1) is 5.74. The second kappa shape index (κ2) is 4.41. The van der Waals surface area contributed by atoms with Gasteiger partial charge in [-0.2, -0.15) is 0 Å². The minimum absolute atomic E-state index is 0.498. The first kappa shape index (κ1) is 9.46. The molecular weight excluding hydrogens is 166 g/mol. The third kappa shape index (κ3) is 2.45. The molecule has 1 aromatic carbocycles. The molecule has 0 aliphatic heterocycles. The highest BCUT2D eigenvalue weighted by atomic mass is 32.2. The van der Waals surface area contributed by atoms with Gasteiger partial charge in [0, 0.05) is 16.6 Å². The maximum absolute atomic E-state index is 3.40. The lowest BCUT2D eigenvalue weighted by atomic mass is 10.3. The van der Waals surface area contributed by atoms with E-state index in [2.05, 4.69) is 49.7 Å². The molecule has 1 nitrogen and oxygen atoms in total. The van der Waals surface area contributed by atoms with Gasteiger partial charge in [0.2, 0.25) is 0 Å². The molecule has 0 spiro atoms. The van der Waals surface area contributed by atoms with Gasteiger partial charge in [0.1, 0.15) is 0 Å². The third-order valence-electron chi connectivity index (χ3n) is 1.55. The van der Waals surface area contributed by atoms with Gasteiger partial charge in [0.15, 0.2) is 0 Å². The molecule has 0 unspecified atom stereocenters. The topological polar surface area (TPSA) is 12.0 Å². The summed E-state index contributed by atoms with van der Waals surface area (Å²) in [5, 5.41) is 3.40. The SMILES string of the molecule is CSc1ccccc1NC(C)C. The predicted octanol–water partition coefficient (Wildman–Crippen LogP) is 3.23. The number of nitrogens with one attached hydrogen (secondary N) is 1. The average Bonchev–Trinajstić information content (AvgIpc) is 2.04. The third-order valence-corrected chi connectivity index (χ3v) is 2.35. The van der Waals surface area contributed by atoms with Gasteiger partial charge in [0.25, 0.3) is 0 Å². The molecule has 0 aromatic heterocycles. The fourth-order valence-electron chi connectivity index (χ4n) is 1.07. The molecule has 1 rings (SSSR count). The molecule has 0 heterocycles. The van der Waals surface area contributed by atoms with Crippen molar-refractivity contribution in [1.29, 1.82) is 0 Å². The van der Waals surface area contributed by atoms with Crippen molar-refractivity contribution in [3.05, 3.63) is 24.3 Å². The van der Waals surface area contributed by atoms with Gasteiger partial charge in [-0.3, -0.25) is 0 Å². The van der Waals surface area contributed by atoms with Crippen molar-refractivity contribution in [2.75, 3.05) is 11.6 Å². The summed E-state index contributed by atoms with van der Waals surface area (Å²) in [6.07, 6.45) is 2.10. The molecule has 66 valence electrons. The molecule has 12 heavy (non-hydrogen) atoms. The van der Waals surface area contributed by atoms with E-state index < -0.39 is 0 Å². The number of rotatable bonds is 3. The van der Waals surface area contributed by atoms with E-state index in [0.717, 1.165) is 0 Å². The highest BCUT2D eigenvalue weighted by Gasteiger charge is 1.99. The Balaban J connectivity index is 2.82. The molecular formula is C10H15NS. The van der Waals surface area contributed by atoms with Crippen molar-refractivity contribution in [2.24, 2.45) is 0 Å².